The summed E-state index contributed by atoms with van der Waals surface area (Å²) in [6.45, 7) is 0. The first-order valence-corrected chi connectivity index (χ1v) is 6.10. The number of hydrogen-bond donors (Lipinski definition) is 1. The maximum absolute atomic E-state index is 12.2. The SMILES string of the molecule is O=C(C=Cc1cccc(NC(=O)C(F)(F)F)c1)c1ccco1. The molecule has 0 saturated carbocycles. The zero-order valence-electron chi connectivity index (χ0n) is 11.1. The molecule has 1 heterocycles. The van der Waals surface area contributed by atoms with Gasteiger partial charge >= 0.3 is 12.1 Å². The predicted molar refractivity (Wildman–Crippen MR) is 73.2 cm³/mol. The van der Waals surface area contributed by atoms with Crippen LogP contribution in [0.4, 0.5) is 18.9 Å². The molecule has 0 bridgehead atoms. The number of carbonyl (C=O) groups is 2. The lowest BCUT2D eigenvalue weighted by Crippen LogP contribution is -2.29. The second-order valence-electron chi connectivity index (χ2n) is 4.25. The molecule has 0 aliphatic rings. The summed E-state index contributed by atoms with van der Waals surface area (Å²) in [6, 6.07) is 8.73. The van der Waals surface area contributed by atoms with E-state index in [9.17, 15) is 22.8 Å². The quantitative estimate of drug-likeness (QED) is 0.692. The van der Waals surface area contributed by atoms with Gasteiger partial charge in [-0.15, -0.1) is 0 Å². The Kier molecular flexibility index (Phi) is 4.45. The maximum Gasteiger partial charge on any atom is 0.471 e. The first-order chi connectivity index (χ1) is 10.4. The van der Waals surface area contributed by atoms with E-state index in [0.29, 0.717) is 5.56 Å². The van der Waals surface area contributed by atoms with Crippen LogP contribution in [0, 0.1) is 0 Å². The molecule has 22 heavy (non-hydrogen) atoms. The molecule has 114 valence electrons. The molecule has 0 saturated heterocycles. The van der Waals surface area contributed by atoms with E-state index in [2.05, 4.69) is 0 Å². The molecule has 1 amide bonds. The Bertz CT molecular complexity index is 703. The van der Waals surface area contributed by atoms with Crippen molar-refractivity contribution in [2.75, 3.05) is 5.32 Å². The minimum atomic E-state index is -4.96. The molecule has 1 aromatic heterocycles. The number of benzene rings is 1. The van der Waals surface area contributed by atoms with E-state index in [4.69, 9.17) is 4.42 Å². The number of hydrogen-bond acceptors (Lipinski definition) is 3. The van der Waals surface area contributed by atoms with Crippen molar-refractivity contribution < 1.29 is 27.2 Å². The van der Waals surface area contributed by atoms with Gasteiger partial charge in [0.25, 0.3) is 0 Å². The lowest BCUT2D eigenvalue weighted by molar-refractivity contribution is -0.167. The van der Waals surface area contributed by atoms with Crippen molar-refractivity contribution in [3.63, 3.8) is 0 Å². The van der Waals surface area contributed by atoms with E-state index in [0.717, 1.165) is 0 Å². The van der Waals surface area contributed by atoms with Crippen molar-refractivity contribution in [3.8, 4) is 0 Å². The number of anilines is 1. The Morgan fingerprint density at radius 3 is 2.55 bits per heavy atom. The number of halogens is 3. The predicted octanol–water partition coefficient (Wildman–Crippen LogP) is 3.68. The number of ketones is 1. The van der Waals surface area contributed by atoms with E-state index in [1.54, 1.807) is 17.4 Å². The lowest BCUT2D eigenvalue weighted by Gasteiger charge is -2.08. The number of amides is 1. The van der Waals surface area contributed by atoms with Crippen LogP contribution in [-0.4, -0.2) is 17.9 Å². The number of rotatable bonds is 4. The van der Waals surface area contributed by atoms with Gasteiger partial charge in [0.1, 0.15) is 0 Å². The molecule has 2 aromatic rings. The van der Waals surface area contributed by atoms with Crippen LogP contribution in [0.1, 0.15) is 16.1 Å². The first-order valence-electron chi connectivity index (χ1n) is 6.10. The summed E-state index contributed by atoms with van der Waals surface area (Å²) >= 11 is 0. The Labute approximate surface area is 123 Å². The summed E-state index contributed by atoms with van der Waals surface area (Å²) < 4.78 is 41.4. The van der Waals surface area contributed by atoms with Crippen molar-refractivity contribution in [2.45, 2.75) is 6.18 Å². The fourth-order valence-electron chi connectivity index (χ4n) is 1.59. The van der Waals surface area contributed by atoms with E-state index < -0.39 is 12.1 Å². The Morgan fingerprint density at radius 2 is 1.91 bits per heavy atom. The van der Waals surface area contributed by atoms with Crippen LogP contribution >= 0.6 is 0 Å². The molecule has 0 fully saturated rings. The molecule has 7 heteroatoms. The van der Waals surface area contributed by atoms with Gasteiger partial charge in [-0.25, -0.2) is 0 Å². The molecule has 2 rings (SSSR count). The summed E-state index contributed by atoms with van der Waals surface area (Å²) in [5.41, 5.74) is 0.440. The van der Waals surface area contributed by atoms with Crippen molar-refractivity contribution in [3.05, 3.63) is 60.1 Å². The third-order valence-corrected chi connectivity index (χ3v) is 2.59. The van der Waals surface area contributed by atoms with Gasteiger partial charge in [-0.1, -0.05) is 18.2 Å². The minimum absolute atomic E-state index is 0.0186. The summed E-state index contributed by atoms with van der Waals surface area (Å²) in [5.74, 6) is -2.28. The van der Waals surface area contributed by atoms with Crippen LogP contribution in [0.2, 0.25) is 0 Å². The third kappa shape index (κ3) is 4.08. The molecule has 0 atom stereocenters. The number of nitrogens with one attached hydrogen (secondary N) is 1. The fraction of sp³-hybridized carbons (Fsp3) is 0.0667. The molecule has 4 nitrogen and oxygen atoms in total. The highest BCUT2D eigenvalue weighted by Crippen LogP contribution is 2.19. The largest absolute Gasteiger partial charge is 0.471 e. The van der Waals surface area contributed by atoms with E-state index in [1.807, 2.05) is 0 Å². The highest BCUT2D eigenvalue weighted by Gasteiger charge is 2.38. The Balaban J connectivity index is 2.09. The molecule has 0 spiro atoms. The normalized spacial score (nSPS) is 11.6. The fourth-order valence-corrected chi connectivity index (χ4v) is 1.59. The van der Waals surface area contributed by atoms with Gasteiger partial charge in [-0.05, 0) is 35.9 Å². The molecule has 0 unspecified atom stereocenters. The summed E-state index contributed by atoms with van der Waals surface area (Å²) in [7, 11) is 0. The van der Waals surface area contributed by atoms with Crippen molar-refractivity contribution in [2.24, 2.45) is 0 Å². The van der Waals surface area contributed by atoms with Crippen LogP contribution in [0.5, 0.6) is 0 Å². The van der Waals surface area contributed by atoms with Gasteiger partial charge in [0.05, 0.1) is 6.26 Å². The molecule has 1 N–H and O–H groups in total. The topological polar surface area (TPSA) is 59.3 Å². The van der Waals surface area contributed by atoms with Crippen molar-refractivity contribution in [1.29, 1.82) is 0 Å². The van der Waals surface area contributed by atoms with Crippen LogP contribution < -0.4 is 5.32 Å². The van der Waals surface area contributed by atoms with Crippen LogP contribution in [-0.2, 0) is 4.79 Å². The summed E-state index contributed by atoms with van der Waals surface area (Å²) in [6.07, 6.45) is -0.965. The number of alkyl halides is 3. The second-order valence-corrected chi connectivity index (χ2v) is 4.25. The highest BCUT2D eigenvalue weighted by atomic mass is 19.4. The zero-order chi connectivity index (χ0) is 16.2. The number of carbonyl (C=O) groups excluding carboxylic acids is 2. The standard InChI is InChI=1S/C15H10F3NO3/c16-15(17,18)14(21)19-11-4-1-3-10(9-11)6-7-12(20)13-5-2-8-22-13/h1-9H,(H,19,21). The summed E-state index contributed by atoms with van der Waals surface area (Å²) in [5, 5.41) is 1.74. The van der Waals surface area contributed by atoms with E-state index in [-0.39, 0.29) is 17.2 Å². The van der Waals surface area contributed by atoms with Gasteiger partial charge in [-0.3, -0.25) is 9.59 Å². The Morgan fingerprint density at radius 1 is 1.14 bits per heavy atom. The van der Waals surface area contributed by atoms with Crippen LogP contribution in [0.3, 0.4) is 0 Å². The highest BCUT2D eigenvalue weighted by molar-refractivity contribution is 6.05. The van der Waals surface area contributed by atoms with Gasteiger partial charge in [-0.2, -0.15) is 13.2 Å². The molecular weight excluding hydrogens is 299 g/mol. The Hall–Kier alpha value is -2.83. The zero-order valence-corrected chi connectivity index (χ0v) is 11.1. The second kappa shape index (κ2) is 6.30. The van der Waals surface area contributed by atoms with Crippen molar-refractivity contribution >= 4 is 23.5 Å². The van der Waals surface area contributed by atoms with Crippen molar-refractivity contribution in [1.82, 2.24) is 0 Å². The average Bonchev–Trinajstić information content (AvgIpc) is 2.98. The number of furan rings is 1. The summed E-state index contributed by atoms with van der Waals surface area (Å²) in [4.78, 5) is 22.5. The van der Waals surface area contributed by atoms with Gasteiger partial charge in [0, 0.05) is 5.69 Å². The minimum Gasteiger partial charge on any atom is -0.461 e. The smallest absolute Gasteiger partial charge is 0.461 e. The molecule has 0 aliphatic heterocycles. The number of allylic oxidation sites excluding steroid dienone is 1. The van der Waals surface area contributed by atoms with Gasteiger partial charge in [0.2, 0.25) is 5.78 Å². The van der Waals surface area contributed by atoms with Gasteiger partial charge in [0.15, 0.2) is 5.76 Å². The van der Waals surface area contributed by atoms with Gasteiger partial charge < -0.3 is 9.73 Å². The molecular formula is C15H10F3NO3. The van der Waals surface area contributed by atoms with E-state index in [1.165, 1.54) is 42.7 Å². The molecule has 0 radical (unpaired) electrons. The monoisotopic (exact) mass is 309 g/mol. The first kappa shape index (κ1) is 15.6. The third-order valence-electron chi connectivity index (χ3n) is 2.59. The molecule has 1 aromatic carbocycles. The van der Waals surface area contributed by atoms with E-state index >= 15 is 0 Å². The molecule has 0 aliphatic carbocycles. The maximum atomic E-state index is 12.2. The van der Waals surface area contributed by atoms with Crippen LogP contribution in [0.25, 0.3) is 6.08 Å². The van der Waals surface area contributed by atoms with Crippen LogP contribution in [0.15, 0.2) is 53.2 Å². The average molecular weight is 309 g/mol. The lowest BCUT2D eigenvalue weighted by atomic mass is 10.1.